The van der Waals surface area contributed by atoms with Crippen LogP contribution in [0.25, 0.3) is 0 Å². The quantitative estimate of drug-likeness (QED) is 0.781. The minimum absolute atomic E-state index is 0.352. The molecule has 0 amide bonds. The van der Waals surface area contributed by atoms with Crippen LogP contribution in [0.3, 0.4) is 0 Å². The topological polar surface area (TPSA) is 35.0 Å². The first-order chi connectivity index (χ1) is 7.78. The van der Waals surface area contributed by atoms with Gasteiger partial charge in [0, 0.05) is 11.0 Å². The van der Waals surface area contributed by atoms with Gasteiger partial charge < -0.3 is 4.74 Å². The lowest BCUT2D eigenvalue weighted by atomic mass is 10.3. The van der Waals surface area contributed by atoms with Crippen LogP contribution in [-0.4, -0.2) is 16.5 Å². The third-order valence-corrected chi connectivity index (χ3v) is 2.83. The molecule has 0 spiro atoms. The Balaban J connectivity index is 2.11. The van der Waals surface area contributed by atoms with E-state index in [1.165, 1.54) is 4.90 Å². The summed E-state index contributed by atoms with van der Waals surface area (Å²) in [5.74, 6) is 1.16. The normalized spacial score (nSPS) is 10.1. The first-order valence-electron chi connectivity index (χ1n) is 4.59. The summed E-state index contributed by atoms with van der Waals surface area (Å²) in [6, 6.07) is 11.1. The number of ether oxygens (including phenoxy) is 1. The van der Waals surface area contributed by atoms with Crippen molar-refractivity contribution in [2.75, 3.05) is 6.26 Å². The van der Waals surface area contributed by atoms with Crippen molar-refractivity contribution in [1.29, 1.82) is 0 Å². The number of thioether (sulfide) groups is 1. The summed E-state index contributed by atoms with van der Waals surface area (Å²) in [5, 5.41) is 7.85. The van der Waals surface area contributed by atoms with Crippen molar-refractivity contribution in [1.82, 2.24) is 10.2 Å². The molecule has 0 saturated carbocycles. The van der Waals surface area contributed by atoms with Gasteiger partial charge in [-0.15, -0.1) is 22.0 Å². The minimum atomic E-state index is 0.352. The Labute approximate surface area is 103 Å². The van der Waals surface area contributed by atoms with Gasteiger partial charge in [0.05, 0.1) is 0 Å². The molecule has 82 valence electrons. The van der Waals surface area contributed by atoms with E-state index in [9.17, 15) is 0 Å². The molecule has 0 aliphatic heterocycles. The Morgan fingerprint density at radius 3 is 2.38 bits per heavy atom. The second-order valence-electron chi connectivity index (χ2n) is 2.97. The van der Waals surface area contributed by atoms with Crippen LogP contribution in [0.4, 0.5) is 0 Å². The zero-order chi connectivity index (χ0) is 11.4. The molecule has 0 aliphatic carbocycles. The van der Waals surface area contributed by atoms with E-state index < -0.39 is 0 Å². The van der Waals surface area contributed by atoms with E-state index in [-0.39, 0.29) is 0 Å². The van der Waals surface area contributed by atoms with Crippen LogP contribution in [-0.2, 0) is 0 Å². The van der Waals surface area contributed by atoms with Gasteiger partial charge in [0.1, 0.15) is 5.75 Å². The smallest absolute Gasteiger partial charge is 0.238 e. The maximum Gasteiger partial charge on any atom is 0.238 e. The molecule has 3 nitrogen and oxygen atoms in total. The van der Waals surface area contributed by atoms with E-state index in [0.717, 1.165) is 5.75 Å². The first kappa shape index (κ1) is 11.2. The molecular weight excluding hydrogens is 244 g/mol. The third kappa shape index (κ3) is 2.87. The van der Waals surface area contributed by atoms with Crippen molar-refractivity contribution in [2.24, 2.45) is 0 Å². The number of rotatable bonds is 3. The molecule has 1 aromatic carbocycles. The molecule has 2 rings (SSSR count). The lowest BCUT2D eigenvalue weighted by Gasteiger charge is -2.04. The summed E-state index contributed by atoms with van der Waals surface area (Å²) in [6.45, 7) is 0. The van der Waals surface area contributed by atoms with Crippen LogP contribution in [0, 0.1) is 0 Å². The van der Waals surface area contributed by atoms with Crippen molar-refractivity contribution in [3.8, 4) is 11.6 Å². The second-order valence-corrected chi connectivity index (χ2v) is 4.24. The fourth-order valence-electron chi connectivity index (χ4n) is 1.12. The van der Waals surface area contributed by atoms with Crippen molar-refractivity contribution in [3.05, 3.63) is 41.6 Å². The molecule has 0 atom stereocenters. The highest BCUT2D eigenvalue weighted by Crippen LogP contribution is 2.22. The Bertz CT molecular complexity index is 458. The third-order valence-electron chi connectivity index (χ3n) is 1.89. The maximum absolute atomic E-state index is 5.62. The van der Waals surface area contributed by atoms with Crippen molar-refractivity contribution < 1.29 is 4.74 Å². The fourth-order valence-corrected chi connectivity index (χ4v) is 1.63. The molecule has 0 fully saturated rings. The number of halogens is 1. The van der Waals surface area contributed by atoms with Gasteiger partial charge >= 0.3 is 0 Å². The number of hydrogen-bond acceptors (Lipinski definition) is 4. The second kappa shape index (κ2) is 5.18. The lowest BCUT2D eigenvalue weighted by molar-refractivity contribution is 0.455. The van der Waals surface area contributed by atoms with Crippen LogP contribution >= 0.6 is 23.4 Å². The van der Waals surface area contributed by atoms with Gasteiger partial charge in [-0.05, 0) is 36.6 Å². The van der Waals surface area contributed by atoms with Crippen LogP contribution in [0.5, 0.6) is 11.6 Å². The van der Waals surface area contributed by atoms with Crippen molar-refractivity contribution in [3.63, 3.8) is 0 Å². The average Bonchev–Trinajstić information content (AvgIpc) is 2.33. The zero-order valence-electron chi connectivity index (χ0n) is 8.55. The predicted octanol–water partition coefficient (Wildman–Crippen LogP) is 3.64. The fraction of sp³-hybridized carbons (Fsp3) is 0.0909. The van der Waals surface area contributed by atoms with Crippen molar-refractivity contribution >= 4 is 23.4 Å². The van der Waals surface area contributed by atoms with Gasteiger partial charge in [0.25, 0.3) is 0 Å². The van der Waals surface area contributed by atoms with Gasteiger partial charge in [-0.2, -0.15) is 0 Å². The molecule has 0 unspecified atom stereocenters. The number of hydrogen-bond donors (Lipinski definition) is 0. The summed E-state index contributed by atoms with van der Waals surface area (Å²) in [6.07, 6.45) is 2.03. The summed E-state index contributed by atoms with van der Waals surface area (Å²) in [7, 11) is 0. The highest BCUT2D eigenvalue weighted by Gasteiger charge is 1.99. The number of nitrogens with zero attached hydrogens (tertiary/aromatic N) is 2. The molecule has 0 radical (unpaired) electrons. The number of benzene rings is 1. The molecule has 1 aromatic heterocycles. The van der Waals surface area contributed by atoms with Gasteiger partial charge in [0.2, 0.25) is 5.88 Å². The molecule has 0 N–H and O–H groups in total. The molecule has 0 bridgehead atoms. The minimum Gasteiger partial charge on any atom is -0.438 e. The summed E-state index contributed by atoms with van der Waals surface area (Å²) in [4.78, 5) is 1.19. The van der Waals surface area contributed by atoms with Crippen LogP contribution < -0.4 is 4.74 Å². The lowest BCUT2D eigenvalue weighted by Crippen LogP contribution is -1.89. The van der Waals surface area contributed by atoms with E-state index in [0.29, 0.717) is 11.0 Å². The summed E-state index contributed by atoms with van der Waals surface area (Å²) >= 11 is 7.31. The first-order valence-corrected chi connectivity index (χ1v) is 6.19. The van der Waals surface area contributed by atoms with Gasteiger partial charge in [-0.25, -0.2) is 0 Å². The monoisotopic (exact) mass is 252 g/mol. The maximum atomic E-state index is 5.62. The molecule has 0 aliphatic rings. The van der Waals surface area contributed by atoms with Crippen LogP contribution in [0.2, 0.25) is 5.15 Å². The predicted molar refractivity (Wildman–Crippen MR) is 65.3 cm³/mol. The molecule has 16 heavy (non-hydrogen) atoms. The van der Waals surface area contributed by atoms with E-state index in [1.807, 2.05) is 30.5 Å². The molecule has 2 aromatic rings. The average molecular weight is 253 g/mol. The Hall–Kier alpha value is -1.26. The van der Waals surface area contributed by atoms with Gasteiger partial charge in [-0.1, -0.05) is 11.6 Å². The molecule has 0 saturated heterocycles. The zero-order valence-corrected chi connectivity index (χ0v) is 10.1. The molecular formula is C11H9ClN2OS. The Kier molecular flexibility index (Phi) is 3.64. The Morgan fingerprint density at radius 1 is 1.06 bits per heavy atom. The van der Waals surface area contributed by atoms with Gasteiger partial charge in [-0.3, -0.25) is 0 Å². The van der Waals surface area contributed by atoms with E-state index in [1.54, 1.807) is 23.9 Å². The standard InChI is InChI=1S/C11H9ClN2OS/c1-16-9-4-2-8(3-5-9)15-11-7-6-10(12)13-14-11/h2-7H,1H3. The number of aromatic nitrogens is 2. The SMILES string of the molecule is CSc1ccc(Oc2ccc(Cl)nn2)cc1. The highest BCUT2D eigenvalue weighted by atomic mass is 35.5. The van der Waals surface area contributed by atoms with Crippen LogP contribution in [0.1, 0.15) is 0 Å². The largest absolute Gasteiger partial charge is 0.438 e. The van der Waals surface area contributed by atoms with E-state index in [2.05, 4.69) is 10.2 Å². The van der Waals surface area contributed by atoms with Crippen molar-refractivity contribution in [2.45, 2.75) is 4.90 Å². The molecule has 1 heterocycles. The Morgan fingerprint density at radius 2 is 1.81 bits per heavy atom. The van der Waals surface area contributed by atoms with Gasteiger partial charge in [0.15, 0.2) is 5.15 Å². The van der Waals surface area contributed by atoms with E-state index in [4.69, 9.17) is 16.3 Å². The van der Waals surface area contributed by atoms with Crippen LogP contribution in [0.15, 0.2) is 41.3 Å². The van der Waals surface area contributed by atoms with E-state index >= 15 is 0 Å². The highest BCUT2D eigenvalue weighted by molar-refractivity contribution is 7.98. The summed E-state index contributed by atoms with van der Waals surface area (Å²) < 4.78 is 5.49. The summed E-state index contributed by atoms with van der Waals surface area (Å²) in [5.41, 5.74) is 0. The molecule has 5 heteroatoms.